The van der Waals surface area contributed by atoms with Crippen molar-refractivity contribution in [2.75, 3.05) is 25.1 Å². The Morgan fingerprint density at radius 2 is 1.55 bits per heavy atom. The van der Waals surface area contributed by atoms with Crippen LogP contribution in [0.4, 0.5) is 5.69 Å². The van der Waals surface area contributed by atoms with Crippen molar-refractivity contribution in [1.82, 2.24) is 10.2 Å². The number of rotatable bonds is 12. The van der Waals surface area contributed by atoms with Crippen LogP contribution in [0.5, 0.6) is 11.5 Å². The average Bonchev–Trinajstić information content (AvgIpc) is 3.03. The molecule has 236 valence electrons. The van der Waals surface area contributed by atoms with E-state index in [1.807, 2.05) is 0 Å². The number of hydrogen-bond donors (Lipinski definition) is 1. The Morgan fingerprint density at radius 1 is 0.909 bits per heavy atom. The lowest BCUT2D eigenvalue weighted by Gasteiger charge is -2.33. The molecule has 1 unspecified atom stereocenters. The molecular weight excluding hydrogens is 625 g/mol. The second-order valence-corrected chi connectivity index (χ2v) is 13.3. The number of halogens is 2. The van der Waals surface area contributed by atoms with E-state index in [1.54, 1.807) is 49.4 Å². The number of anilines is 1. The molecule has 0 bridgehead atoms. The van der Waals surface area contributed by atoms with E-state index < -0.39 is 28.5 Å². The number of nitrogens with one attached hydrogen (secondary N) is 1. The van der Waals surface area contributed by atoms with Crippen molar-refractivity contribution in [3.05, 3.63) is 82.3 Å². The van der Waals surface area contributed by atoms with E-state index in [9.17, 15) is 18.0 Å². The van der Waals surface area contributed by atoms with Gasteiger partial charge >= 0.3 is 0 Å². The van der Waals surface area contributed by atoms with Gasteiger partial charge in [-0.3, -0.25) is 13.9 Å². The second kappa shape index (κ2) is 15.0. The summed E-state index contributed by atoms with van der Waals surface area (Å²) in [5.74, 6) is -0.285. The molecule has 1 saturated carbocycles. The molecule has 44 heavy (non-hydrogen) atoms. The molecule has 0 aliphatic heterocycles. The summed E-state index contributed by atoms with van der Waals surface area (Å²) < 4.78 is 39.8. The Kier molecular flexibility index (Phi) is 11.4. The van der Waals surface area contributed by atoms with Gasteiger partial charge < -0.3 is 19.7 Å². The lowest BCUT2D eigenvalue weighted by Crippen LogP contribution is -2.53. The SMILES string of the molecule is COc1ccc(N(CC(=O)N(Cc2c(Cl)cccc2Cl)C(C)C(=O)NC2CCCCC2)S(=O)(=O)c2ccccc2)cc1OC. The van der Waals surface area contributed by atoms with Crippen LogP contribution in [0.1, 0.15) is 44.6 Å². The van der Waals surface area contributed by atoms with Crippen molar-refractivity contribution >= 4 is 50.7 Å². The summed E-state index contributed by atoms with van der Waals surface area (Å²) in [6.07, 6.45) is 4.90. The van der Waals surface area contributed by atoms with E-state index in [2.05, 4.69) is 5.32 Å². The number of carbonyl (C=O) groups excluding carboxylic acids is 2. The third kappa shape index (κ3) is 7.78. The molecule has 3 aromatic carbocycles. The highest BCUT2D eigenvalue weighted by atomic mass is 35.5. The summed E-state index contributed by atoms with van der Waals surface area (Å²) in [5, 5.41) is 3.72. The van der Waals surface area contributed by atoms with Crippen molar-refractivity contribution in [2.45, 2.75) is 62.6 Å². The summed E-state index contributed by atoms with van der Waals surface area (Å²) in [4.78, 5) is 29.1. The Bertz CT molecular complexity index is 1550. The Balaban J connectivity index is 1.74. The number of ether oxygens (including phenoxy) is 2. The van der Waals surface area contributed by atoms with E-state index in [4.69, 9.17) is 32.7 Å². The molecule has 2 amide bonds. The second-order valence-electron chi connectivity index (χ2n) is 10.6. The molecule has 0 heterocycles. The number of benzene rings is 3. The molecule has 1 fully saturated rings. The molecule has 0 radical (unpaired) electrons. The zero-order valence-corrected chi connectivity index (χ0v) is 27.3. The maximum absolute atomic E-state index is 14.2. The van der Waals surface area contributed by atoms with Gasteiger partial charge in [0, 0.05) is 34.3 Å². The first-order chi connectivity index (χ1) is 21.1. The zero-order valence-electron chi connectivity index (χ0n) is 25.0. The molecular formula is C32H37Cl2N3O6S. The zero-order chi connectivity index (χ0) is 31.9. The first kappa shape index (κ1) is 33.4. The fourth-order valence-electron chi connectivity index (χ4n) is 5.23. The monoisotopic (exact) mass is 661 g/mol. The molecule has 0 saturated heterocycles. The topological polar surface area (TPSA) is 105 Å². The number of nitrogens with zero attached hydrogens (tertiary/aromatic N) is 2. The van der Waals surface area contributed by atoms with Gasteiger partial charge in [0.1, 0.15) is 12.6 Å². The van der Waals surface area contributed by atoms with Crippen LogP contribution in [-0.2, 0) is 26.2 Å². The minimum atomic E-state index is -4.25. The number of hydrogen-bond acceptors (Lipinski definition) is 6. The Morgan fingerprint density at radius 3 is 2.16 bits per heavy atom. The fraction of sp³-hybridized carbons (Fsp3) is 0.375. The Hall–Kier alpha value is -3.47. The fourth-order valence-corrected chi connectivity index (χ4v) is 7.18. The molecule has 0 spiro atoms. The van der Waals surface area contributed by atoms with Crippen molar-refractivity contribution in [1.29, 1.82) is 0 Å². The summed E-state index contributed by atoms with van der Waals surface area (Å²) in [5.41, 5.74) is 0.625. The number of carbonyl (C=O) groups is 2. The van der Waals surface area contributed by atoms with Crippen molar-refractivity contribution in [3.63, 3.8) is 0 Å². The predicted octanol–water partition coefficient (Wildman–Crippen LogP) is 6.07. The van der Waals surface area contributed by atoms with E-state index in [1.165, 1.54) is 43.4 Å². The van der Waals surface area contributed by atoms with E-state index in [-0.39, 0.29) is 34.8 Å². The predicted molar refractivity (Wildman–Crippen MR) is 172 cm³/mol. The molecule has 1 aliphatic carbocycles. The van der Waals surface area contributed by atoms with Crippen LogP contribution in [0.15, 0.2) is 71.6 Å². The maximum Gasteiger partial charge on any atom is 0.264 e. The largest absolute Gasteiger partial charge is 0.493 e. The highest BCUT2D eigenvalue weighted by molar-refractivity contribution is 7.92. The quantitative estimate of drug-likeness (QED) is 0.253. The highest BCUT2D eigenvalue weighted by Crippen LogP contribution is 2.34. The van der Waals surface area contributed by atoms with Crippen molar-refractivity contribution in [2.24, 2.45) is 0 Å². The van der Waals surface area contributed by atoms with Gasteiger partial charge in [-0.2, -0.15) is 0 Å². The van der Waals surface area contributed by atoms with E-state index >= 15 is 0 Å². The van der Waals surface area contributed by atoms with Crippen LogP contribution in [0, 0.1) is 0 Å². The van der Waals surface area contributed by atoms with E-state index in [0.29, 0.717) is 21.4 Å². The van der Waals surface area contributed by atoms with Gasteiger partial charge in [0.15, 0.2) is 11.5 Å². The summed E-state index contributed by atoms with van der Waals surface area (Å²) in [6.45, 7) is 0.894. The molecule has 4 rings (SSSR count). The van der Waals surface area contributed by atoms with Crippen molar-refractivity contribution < 1.29 is 27.5 Å². The molecule has 1 aliphatic rings. The third-order valence-electron chi connectivity index (χ3n) is 7.77. The van der Waals surface area contributed by atoms with Gasteiger partial charge in [-0.25, -0.2) is 8.42 Å². The number of amides is 2. The highest BCUT2D eigenvalue weighted by Gasteiger charge is 2.34. The maximum atomic E-state index is 14.2. The summed E-state index contributed by atoms with van der Waals surface area (Å²) in [7, 11) is -1.34. The normalized spacial score (nSPS) is 14.4. The van der Waals surface area contributed by atoms with Gasteiger partial charge in [-0.1, -0.05) is 66.7 Å². The smallest absolute Gasteiger partial charge is 0.264 e. The third-order valence-corrected chi connectivity index (χ3v) is 10.3. The van der Waals surface area contributed by atoms with Gasteiger partial charge in [0.05, 0.1) is 24.8 Å². The minimum absolute atomic E-state index is 0.00799. The molecule has 0 aromatic heterocycles. The molecule has 9 nitrogen and oxygen atoms in total. The van der Waals surface area contributed by atoms with Gasteiger partial charge in [0.2, 0.25) is 11.8 Å². The lowest BCUT2D eigenvalue weighted by molar-refractivity contribution is -0.139. The van der Waals surface area contributed by atoms with Gasteiger partial charge in [-0.15, -0.1) is 0 Å². The molecule has 1 N–H and O–H groups in total. The van der Waals surface area contributed by atoms with Crippen LogP contribution >= 0.6 is 23.2 Å². The average molecular weight is 663 g/mol. The van der Waals surface area contributed by atoms with Crippen molar-refractivity contribution in [3.8, 4) is 11.5 Å². The first-order valence-electron chi connectivity index (χ1n) is 14.4. The van der Waals surface area contributed by atoms with Crippen LogP contribution in [0.25, 0.3) is 0 Å². The van der Waals surface area contributed by atoms with Gasteiger partial charge in [0.25, 0.3) is 10.0 Å². The first-order valence-corrected chi connectivity index (χ1v) is 16.6. The standard InChI is InChI=1S/C32H37Cl2N3O6S/c1-22(32(39)35-23-11-6-4-7-12-23)36(20-26-27(33)15-10-16-28(26)34)31(38)21-37(44(40,41)25-13-8-5-9-14-25)24-17-18-29(42-2)30(19-24)43-3/h5,8-10,13-19,22-23H,4,6-7,11-12,20-21H2,1-3H3,(H,35,39). The number of sulfonamides is 1. The van der Waals surface area contributed by atoms with Gasteiger partial charge in [-0.05, 0) is 56.2 Å². The minimum Gasteiger partial charge on any atom is -0.493 e. The van der Waals surface area contributed by atoms with Crippen LogP contribution in [-0.4, -0.2) is 58.0 Å². The van der Waals surface area contributed by atoms with E-state index in [0.717, 1.165) is 36.4 Å². The van der Waals surface area contributed by atoms with Crippen LogP contribution < -0.4 is 19.1 Å². The number of methoxy groups -OCH3 is 2. The lowest BCUT2D eigenvalue weighted by atomic mass is 9.95. The molecule has 1 atom stereocenters. The Labute approximate surface area is 269 Å². The molecule has 12 heteroatoms. The molecule has 3 aromatic rings. The van der Waals surface area contributed by atoms with Crippen LogP contribution in [0.2, 0.25) is 10.0 Å². The van der Waals surface area contributed by atoms with Crippen LogP contribution in [0.3, 0.4) is 0 Å². The summed E-state index contributed by atoms with van der Waals surface area (Å²) >= 11 is 13.0. The summed E-state index contributed by atoms with van der Waals surface area (Å²) in [6, 6.07) is 16.4.